The number of carbonyl (C=O) groups excluding carboxylic acids is 2. The highest BCUT2D eigenvalue weighted by atomic mass is 32.3. The van der Waals surface area contributed by atoms with E-state index in [9.17, 15) is 18.0 Å². The molecule has 0 unspecified atom stereocenters. The Kier molecular flexibility index (Phi) is 5.88. The van der Waals surface area contributed by atoms with Crippen molar-refractivity contribution in [2.45, 2.75) is 43.9 Å². The van der Waals surface area contributed by atoms with Crippen molar-refractivity contribution in [3.05, 3.63) is 12.7 Å². The van der Waals surface area contributed by atoms with Gasteiger partial charge in [0.25, 0.3) is 5.91 Å². The van der Waals surface area contributed by atoms with Gasteiger partial charge in [0.05, 0.1) is 12.6 Å². The minimum Gasteiger partial charge on any atom is -0.311 e. The van der Waals surface area contributed by atoms with Crippen molar-refractivity contribution in [1.29, 1.82) is 0 Å². The number of piperidine rings is 1. The van der Waals surface area contributed by atoms with Crippen LogP contribution in [0.1, 0.15) is 19.3 Å². The minimum atomic E-state index is -4.82. The summed E-state index contributed by atoms with van der Waals surface area (Å²) < 4.78 is 36.8. The summed E-state index contributed by atoms with van der Waals surface area (Å²) in [5.41, 5.74) is 2.38. The molecule has 2 bridgehead atoms. The number of carbonyl (C=O) groups is 2. The van der Waals surface area contributed by atoms with Crippen LogP contribution in [0.3, 0.4) is 0 Å². The van der Waals surface area contributed by atoms with Gasteiger partial charge in [0.15, 0.2) is 0 Å². The molecule has 3 aliphatic rings. The van der Waals surface area contributed by atoms with Crippen LogP contribution < -0.4 is 10.8 Å². The van der Waals surface area contributed by atoms with E-state index in [-0.39, 0.29) is 19.2 Å². The maximum absolute atomic E-state index is 12.5. The number of nitrogens with one attached hydrogen (secondary N) is 2. The van der Waals surface area contributed by atoms with E-state index in [1.807, 2.05) is 0 Å². The second-order valence-corrected chi connectivity index (χ2v) is 8.62. The molecule has 1 aromatic heterocycles. The van der Waals surface area contributed by atoms with E-state index in [2.05, 4.69) is 25.2 Å². The highest BCUT2D eigenvalue weighted by molar-refractivity contribution is 7.80. The molecule has 166 valence electrons. The number of hydrogen-bond donors (Lipinski definition) is 3. The molecule has 3 saturated heterocycles. The van der Waals surface area contributed by atoms with Gasteiger partial charge in [-0.15, -0.1) is 4.28 Å². The number of rotatable bonds is 8. The zero-order valence-corrected chi connectivity index (χ0v) is 16.8. The van der Waals surface area contributed by atoms with Gasteiger partial charge in [-0.3, -0.25) is 18.9 Å². The predicted molar refractivity (Wildman–Crippen MR) is 97.4 cm³/mol. The standard InChI is InChI=1S/C15H23N7O7S/c23-14(13-2-1-12-6-21(13)15(24)22(12)29-30(25,26)27)19-28-7-11-3-10(4-17-11)5-20-9-16-8-18-20/h8-13,17H,1-7H2,(H,19,23)(H,25,26,27)/t10-,11-,12+,13-/m0/s1. The third-order valence-corrected chi connectivity index (χ3v) is 5.83. The second kappa shape index (κ2) is 8.43. The summed E-state index contributed by atoms with van der Waals surface area (Å²) in [4.78, 5) is 35.3. The molecule has 0 aliphatic carbocycles. The zero-order valence-electron chi connectivity index (χ0n) is 16.0. The van der Waals surface area contributed by atoms with Crippen molar-refractivity contribution < 1.29 is 31.7 Å². The topological polar surface area (TPSA) is 168 Å². The Bertz CT molecular complexity index is 880. The molecule has 14 nitrogen and oxygen atoms in total. The van der Waals surface area contributed by atoms with E-state index >= 15 is 0 Å². The Morgan fingerprint density at radius 3 is 2.97 bits per heavy atom. The van der Waals surface area contributed by atoms with Crippen LogP contribution in [-0.4, -0.2) is 87.5 Å². The van der Waals surface area contributed by atoms with E-state index in [1.165, 1.54) is 11.2 Å². The molecule has 30 heavy (non-hydrogen) atoms. The van der Waals surface area contributed by atoms with Gasteiger partial charge in [-0.1, -0.05) is 0 Å². The number of urea groups is 1. The fourth-order valence-corrected chi connectivity index (χ4v) is 4.53. The summed E-state index contributed by atoms with van der Waals surface area (Å²) in [6, 6.07) is -2.07. The summed E-state index contributed by atoms with van der Waals surface area (Å²) in [6.07, 6.45) is 4.68. The number of aromatic nitrogens is 3. The lowest BCUT2D eigenvalue weighted by Crippen LogP contribution is -2.50. The molecule has 1 aromatic rings. The van der Waals surface area contributed by atoms with Gasteiger partial charge in [0.1, 0.15) is 18.7 Å². The van der Waals surface area contributed by atoms with Gasteiger partial charge in [-0.05, 0) is 25.2 Å². The maximum Gasteiger partial charge on any atom is 0.418 e. The van der Waals surface area contributed by atoms with Gasteiger partial charge >= 0.3 is 16.4 Å². The Labute approximate surface area is 172 Å². The number of nitrogens with zero attached hydrogens (tertiary/aromatic N) is 5. The Morgan fingerprint density at radius 2 is 2.23 bits per heavy atom. The molecule has 3 aliphatic heterocycles. The van der Waals surface area contributed by atoms with E-state index in [0.29, 0.717) is 23.8 Å². The molecule has 4 atom stereocenters. The molecule has 4 heterocycles. The van der Waals surface area contributed by atoms with Crippen LogP contribution in [-0.2, 0) is 30.9 Å². The molecule has 3 fully saturated rings. The third kappa shape index (κ3) is 4.70. The van der Waals surface area contributed by atoms with Gasteiger partial charge in [-0.2, -0.15) is 18.6 Å². The molecular weight excluding hydrogens is 422 g/mol. The normalized spacial score (nSPS) is 28.9. The van der Waals surface area contributed by atoms with E-state index in [1.54, 1.807) is 11.0 Å². The average Bonchev–Trinajstić information content (AvgIpc) is 3.40. The van der Waals surface area contributed by atoms with Crippen LogP contribution >= 0.6 is 0 Å². The third-order valence-electron chi connectivity index (χ3n) is 5.48. The van der Waals surface area contributed by atoms with Crippen LogP contribution in [0.5, 0.6) is 0 Å². The van der Waals surface area contributed by atoms with Gasteiger partial charge in [-0.25, -0.2) is 15.3 Å². The summed E-state index contributed by atoms with van der Waals surface area (Å²) in [5, 5.41) is 8.02. The first kappa shape index (κ1) is 20.9. The van der Waals surface area contributed by atoms with Gasteiger partial charge in [0.2, 0.25) is 0 Å². The summed E-state index contributed by atoms with van der Waals surface area (Å²) in [6.45, 7) is 1.94. The zero-order chi connectivity index (χ0) is 21.3. The molecule has 3 amide bonds. The Morgan fingerprint density at radius 1 is 1.40 bits per heavy atom. The van der Waals surface area contributed by atoms with Crippen LogP contribution in [0.2, 0.25) is 0 Å². The van der Waals surface area contributed by atoms with Crippen LogP contribution in [0.25, 0.3) is 0 Å². The first-order chi connectivity index (χ1) is 14.3. The van der Waals surface area contributed by atoms with Crippen molar-refractivity contribution in [3.8, 4) is 0 Å². The van der Waals surface area contributed by atoms with Crippen LogP contribution in [0.4, 0.5) is 4.79 Å². The summed E-state index contributed by atoms with van der Waals surface area (Å²) in [5.74, 6) is -0.116. The lowest BCUT2D eigenvalue weighted by molar-refractivity contribution is -0.139. The van der Waals surface area contributed by atoms with E-state index in [0.717, 1.165) is 19.5 Å². The second-order valence-electron chi connectivity index (χ2n) is 7.61. The van der Waals surface area contributed by atoms with E-state index in [4.69, 9.17) is 9.39 Å². The molecule has 0 saturated carbocycles. The average molecular weight is 445 g/mol. The molecule has 0 radical (unpaired) electrons. The monoisotopic (exact) mass is 445 g/mol. The minimum absolute atomic E-state index is 0.0710. The smallest absolute Gasteiger partial charge is 0.311 e. The first-order valence-corrected chi connectivity index (χ1v) is 10.9. The maximum atomic E-state index is 12.5. The number of hydrogen-bond acceptors (Lipinski definition) is 9. The van der Waals surface area contributed by atoms with Crippen molar-refractivity contribution >= 4 is 22.3 Å². The van der Waals surface area contributed by atoms with Crippen molar-refractivity contribution in [1.82, 2.24) is 35.5 Å². The molecule has 15 heteroatoms. The summed E-state index contributed by atoms with van der Waals surface area (Å²) >= 11 is 0. The highest BCUT2D eigenvalue weighted by Gasteiger charge is 2.49. The Hall–Kier alpha value is -2.33. The lowest BCUT2D eigenvalue weighted by atomic mass is 10.0. The molecule has 4 rings (SSSR count). The van der Waals surface area contributed by atoms with Crippen molar-refractivity contribution in [3.63, 3.8) is 0 Å². The van der Waals surface area contributed by atoms with Crippen molar-refractivity contribution in [2.24, 2.45) is 5.92 Å². The molecule has 0 aromatic carbocycles. The lowest BCUT2D eigenvalue weighted by Gasteiger charge is -2.29. The number of hydroxylamine groups is 3. The highest BCUT2D eigenvalue weighted by Crippen LogP contribution is 2.30. The molecule has 3 N–H and O–H groups in total. The van der Waals surface area contributed by atoms with Crippen LogP contribution in [0, 0.1) is 5.92 Å². The number of fused-ring (bicyclic) bond motifs is 2. The SMILES string of the molecule is O=C(NOC[C@@H]1C[C@H](Cn2cncn2)CN1)[C@@H]1CC[C@@H]2CN1C(=O)N2OS(=O)(=O)O. The quantitative estimate of drug-likeness (QED) is 0.310. The van der Waals surface area contributed by atoms with Gasteiger partial charge < -0.3 is 10.2 Å². The van der Waals surface area contributed by atoms with Crippen LogP contribution in [0.15, 0.2) is 12.7 Å². The predicted octanol–water partition coefficient (Wildman–Crippen LogP) is -1.69. The van der Waals surface area contributed by atoms with Gasteiger partial charge in [0, 0.05) is 25.7 Å². The first-order valence-electron chi connectivity index (χ1n) is 9.54. The Balaban J connectivity index is 1.22. The fourth-order valence-electron chi connectivity index (χ4n) is 4.15. The fraction of sp³-hybridized carbons (Fsp3) is 0.733. The van der Waals surface area contributed by atoms with Crippen molar-refractivity contribution in [2.75, 3.05) is 19.7 Å². The molecule has 0 spiro atoms. The molecular formula is C15H23N7O7S. The number of amides is 3. The summed E-state index contributed by atoms with van der Waals surface area (Å²) in [7, 11) is -4.82. The van der Waals surface area contributed by atoms with E-state index < -0.39 is 34.4 Å². The largest absolute Gasteiger partial charge is 0.418 e.